The highest BCUT2D eigenvalue weighted by Crippen LogP contribution is 2.34. The maximum absolute atomic E-state index is 11.3. The molecule has 0 amide bonds. The minimum atomic E-state index is -0.337. The van der Waals surface area contributed by atoms with Crippen LogP contribution >= 0.6 is 0 Å². The van der Waals surface area contributed by atoms with Crippen LogP contribution in [0.2, 0.25) is 0 Å². The molecule has 100 valence electrons. The van der Waals surface area contributed by atoms with Crippen molar-refractivity contribution in [3.05, 3.63) is 71.5 Å². The fourth-order valence-electron chi connectivity index (χ4n) is 2.23. The summed E-state index contributed by atoms with van der Waals surface area (Å²) in [6, 6.07) is 17.4. The van der Waals surface area contributed by atoms with E-state index in [2.05, 4.69) is 0 Å². The summed E-state index contributed by atoms with van der Waals surface area (Å²) in [6.45, 7) is 1.40. The monoisotopic (exact) mass is 266 g/mol. The summed E-state index contributed by atoms with van der Waals surface area (Å²) in [7, 11) is 0. The summed E-state index contributed by atoms with van der Waals surface area (Å²) >= 11 is 0. The van der Waals surface area contributed by atoms with Crippen molar-refractivity contribution in [2.75, 3.05) is 0 Å². The number of esters is 1. The number of fused-ring (bicyclic) bond motifs is 1. The van der Waals surface area contributed by atoms with Gasteiger partial charge in [-0.3, -0.25) is 4.79 Å². The number of carbonyl (C=O) groups excluding carboxylic acids is 1. The second-order valence-electron chi connectivity index (χ2n) is 4.60. The van der Waals surface area contributed by atoms with Gasteiger partial charge in [0.2, 0.25) is 0 Å². The molecule has 3 heteroatoms. The predicted molar refractivity (Wildman–Crippen MR) is 75.9 cm³/mol. The molecule has 0 aromatic heterocycles. The van der Waals surface area contributed by atoms with Gasteiger partial charge in [-0.1, -0.05) is 48.5 Å². The van der Waals surface area contributed by atoms with Crippen molar-refractivity contribution in [1.82, 2.24) is 0 Å². The first-order valence-corrected chi connectivity index (χ1v) is 6.47. The van der Waals surface area contributed by atoms with Crippen LogP contribution < -0.4 is 4.74 Å². The molecule has 20 heavy (non-hydrogen) atoms. The fourth-order valence-corrected chi connectivity index (χ4v) is 2.23. The highest BCUT2D eigenvalue weighted by molar-refractivity contribution is 5.73. The van der Waals surface area contributed by atoms with Crippen molar-refractivity contribution in [3.8, 4) is 5.75 Å². The van der Waals surface area contributed by atoms with E-state index in [1.807, 2.05) is 54.6 Å². The van der Waals surface area contributed by atoms with Gasteiger partial charge in [-0.15, -0.1) is 0 Å². The minimum Gasteiger partial charge on any atom is -0.453 e. The molecule has 1 heterocycles. The van der Waals surface area contributed by atoms with E-state index in [4.69, 9.17) is 9.47 Å². The number of ether oxygens (including phenoxy) is 2. The van der Waals surface area contributed by atoms with Gasteiger partial charge >= 0.3 is 5.97 Å². The van der Waals surface area contributed by atoms with Crippen molar-refractivity contribution in [3.63, 3.8) is 0 Å². The third-order valence-electron chi connectivity index (χ3n) is 3.09. The Balaban J connectivity index is 2.06. The molecule has 2 aromatic carbocycles. The van der Waals surface area contributed by atoms with Gasteiger partial charge in [0.05, 0.1) is 0 Å². The molecular weight excluding hydrogens is 252 g/mol. The van der Waals surface area contributed by atoms with Crippen molar-refractivity contribution in [2.45, 2.75) is 13.3 Å². The first-order valence-electron chi connectivity index (χ1n) is 6.47. The van der Waals surface area contributed by atoms with Gasteiger partial charge in [-0.25, -0.2) is 0 Å². The van der Waals surface area contributed by atoms with Crippen LogP contribution in [-0.2, 0) is 16.0 Å². The number of benzene rings is 2. The molecule has 3 nitrogen and oxygen atoms in total. The average Bonchev–Trinajstić information content (AvgIpc) is 2.47. The summed E-state index contributed by atoms with van der Waals surface area (Å²) in [5, 5.41) is 0. The van der Waals surface area contributed by atoms with Crippen LogP contribution in [-0.4, -0.2) is 5.97 Å². The Hall–Kier alpha value is -2.55. The lowest BCUT2D eigenvalue weighted by Gasteiger charge is -2.22. The fraction of sp³-hybridized carbons (Fsp3) is 0.118. The maximum Gasteiger partial charge on any atom is 0.307 e. The van der Waals surface area contributed by atoms with Gasteiger partial charge < -0.3 is 9.47 Å². The van der Waals surface area contributed by atoms with Gasteiger partial charge in [0, 0.05) is 24.5 Å². The number of rotatable bonds is 2. The number of allylic oxidation sites excluding steroid dienone is 1. The van der Waals surface area contributed by atoms with E-state index in [1.165, 1.54) is 6.92 Å². The molecule has 3 rings (SSSR count). The second-order valence-corrected chi connectivity index (χ2v) is 4.60. The van der Waals surface area contributed by atoms with Crippen LogP contribution in [0.5, 0.6) is 5.75 Å². The molecule has 0 spiro atoms. The molecule has 1 aliphatic heterocycles. The van der Waals surface area contributed by atoms with E-state index >= 15 is 0 Å². The van der Waals surface area contributed by atoms with Crippen molar-refractivity contribution >= 4 is 11.7 Å². The summed E-state index contributed by atoms with van der Waals surface area (Å²) in [4.78, 5) is 11.3. The molecule has 0 saturated carbocycles. The van der Waals surface area contributed by atoms with E-state index in [-0.39, 0.29) is 5.97 Å². The third-order valence-corrected chi connectivity index (χ3v) is 3.09. The zero-order chi connectivity index (χ0) is 13.9. The van der Waals surface area contributed by atoms with Crippen LogP contribution in [0.1, 0.15) is 18.1 Å². The third kappa shape index (κ3) is 2.43. The van der Waals surface area contributed by atoms with Crippen LogP contribution in [0.25, 0.3) is 5.76 Å². The SMILES string of the molecule is CC(=O)OC1=C(c2ccccc2)Oc2ccccc2C1. The smallest absolute Gasteiger partial charge is 0.307 e. The van der Waals surface area contributed by atoms with E-state index in [0.29, 0.717) is 17.9 Å². The van der Waals surface area contributed by atoms with Gasteiger partial charge in [0.1, 0.15) is 5.75 Å². The molecule has 1 aliphatic rings. The lowest BCUT2D eigenvalue weighted by atomic mass is 10.0. The van der Waals surface area contributed by atoms with Crippen molar-refractivity contribution in [1.29, 1.82) is 0 Å². The number of hydrogen-bond donors (Lipinski definition) is 0. The summed E-state index contributed by atoms with van der Waals surface area (Å²) in [6.07, 6.45) is 0.556. The zero-order valence-corrected chi connectivity index (χ0v) is 11.1. The molecular formula is C17H14O3. The molecule has 0 N–H and O–H groups in total. The van der Waals surface area contributed by atoms with Crippen LogP contribution in [0.15, 0.2) is 60.4 Å². The first kappa shape index (κ1) is 12.5. The van der Waals surface area contributed by atoms with Gasteiger partial charge in [-0.2, -0.15) is 0 Å². The van der Waals surface area contributed by atoms with E-state index < -0.39 is 0 Å². The molecule has 2 aromatic rings. The lowest BCUT2D eigenvalue weighted by Crippen LogP contribution is -2.13. The Morgan fingerprint density at radius 2 is 1.75 bits per heavy atom. The summed E-state index contributed by atoms with van der Waals surface area (Å²) in [5.41, 5.74) is 1.92. The zero-order valence-electron chi connectivity index (χ0n) is 11.1. The molecule has 0 bridgehead atoms. The predicted octanol–water partition coefficient (Wildman–Crippen LogP) is 3.55. The number of carbonyl (C=O) groups is 1. The molecule has 0 saturated heterocycles. The molecule has 0 fully saturated rings. The summed E-state index contributed by atoms with van der Waals surface area (Å²) in [5.74, 6) is 1.64. The Morgan fingerprint density at radius 1 is 1.05 bits per heavy atom. The van der Waals surface area contributed by atoms with E-state index in [9.17, 15) is 4.79 Å². The Bertz CT molecular complexity index is 672. The van der Waals surface area contributed by atoms with Crippen molar-refractivity contribution < 1.29 is 14.3 Å². The van der Waals surface area contributed by atoms with E-state index in [0.717, 1.165) is 16.9 Å². The normalized spacial score (nSPS) is 13.4. The molecule has 0 radical (unpaired) electrons. The first-order chi connectivity index (χ1) is 9.74. The van der Waals surface area contributed by atoms with E-state index in [1.54, 1.807) is 0 Å². The maximum atomic E-state index is 11.3. The Labute approximate surface area is 117 Å². The van der Waals surface area contributed by atoms with Crippen LogP contribution in [0.4, 0.5) is 0 Å². The van der Waals surface area contributed by atoms with Gasteiger partial charge in [0.15, 0.2) is 11.5 Å². The Morgan fingerprint density at radius 3 is 2.50 bits per heavy atom. The van der Waals surface area contributed by atoms with Gasteiger partial charge in [0.25, 0.3) is 0 Å². The highest BCUT2D eigenvalue weighted by Gasteiger charge is 2.23. The minimum absolute atomic E-state index is 0.337. The Kier molecular flexibility index (Phi) is 3.25. The highest BCUT2D eigenvalue weighted by atomic mass is 16.6. The van der Waals surface area contributed by atoms with Crippen LogP contribution in [0.3, 0.4) is 0 Å². The molecule has 0 atom stereocenters. The quantitative estimate of drug-likeness (QED) is 0.780. The second kappa shape index (κ2) is 5.21. The topological polar surface area (TPSA) is 35.5 Å². The van der Waals surface area contributed by atoms with Crippen LogP contribution in [0, 0.1) is 0 Å². The van der Waals surface area contributed by atoms with Crippen molar-refractivity contribution in [2.24, 2.45) is 0 Å². The largest absolute Gasteiger partial charge is 0.453 e. The lowest BCUT2D eigenvalue weighted by molar-refractivity contribution is -0.137. The standard InChI is InChI=1S/C17H14O3/c1-12(18)19-16-11-14-9-5-6-10-15(14)20-17(16)13-7-3-2-4-8-13/h2-10H,11H2,1H3. The number of para-hydroxylation sites is 1. The average molecular weight is 266 g/mol. The molecule has 0 unspecified atom stereocenters. The summed E-state index contributed by atoms with van der Waals surface area (Å²) < 4.78 is 11.3. The number of hydrogen-bond acceptors (Lipinski definition) is 3. The van der Waals surface area contributed by atoms with Gasteiger partial charge in [-0.05, 0) is 6.07 Å². The molecule has 0 aliphatic carbocycles.